The van der Waals surface area contributed by atoms with Gasteiger partial charge in [-0.25, -0.2) is 9.59 Å². The molecule has 0 radical (unpaired) electrons. The number of hydrogen-bond donors (Lipinski definition) is 2. The van der Waals surface area contributed by atoms with Crippen molar-refractivity contribution in [1.29, 1.82) is 0 Å². The van der Waals surface area contributed by atoms with E-state index in [1.165, 1.54) is 0 Å². The van der Waals surface area contributed by atoms with Crippen molar-refractivity contribution >= 4 is 22.8 Å². The van der Waals surface area contributed by atoms with Gasteiger partial charge in [0.15, 0.2) is 0 Å². The van der Waals surface area contributed by atoms with E-state index < -0.39 is 16.8 Å². The predicted molar refractivity (Wildman–Crippen MR) is 80.0 cm³/mol. The van der Waals surface area contributed by atoms with Gasteiger partial charge in [0.05, 0.1) is 5.56 Å². The highest BCUT2D eigenvalue weighted by Crippen LogP contribution is 2.05. The molecule has 2 amide bonds. The number of carbonyl (C=O) groups is 2. The fourth-order valence-corrected chi connectivity index (χ4v) is 3.13. The van der Waals surface area contributed by atoms with Crippen LogP contribution in [0.5, 0.6) is 0 Å². The second-order valence-corrected chi connectivity index (χ2v) is 6.52. The van der Waals surface area contributed by atoms with Gasteiger partial charge in [-0.1, -0.05) is 12.1 Å². The summed E-state index contributed by atoms with van der Waals surface area (Å²) >= 11 is 0. The summed E-state index contributed by atoms with van der Waals surface area (Å²) in [6, 6.07) is 6.48. The maximum atomic E-state index is 11.9. The first kappa shape index (κ1) is 15.5. The monoisotopic (exact) mass is 310 g/mol. The number of carboxylic acids is 1. The van der Waals surface area contributed by atoms with Crippen molar-refractivity contribution in [3.05, 3.63) is 35.4 Å². The molecule has 0 aliphatic carbocycles. The van der Waals surface area contributed by atoms with Crippen LogP contribution in [0.2, 0.25) is 0 Å². The van der Waals surface area contributed by atoms with Crippen LogP contribution in [0.3, 0.4) is 0 Å². The van der Waals surface area contributed by atoms with Gasteiger partial charge < -0.3 is 15.3 Å². The Bertz CT molecular complexity index is 534. The van der Waals surface area contributed by atoms with Gasteiger partial charge in [-0.2, -0.15) is 0 Å². The molecule has 114 valence electrons. The zero-order valence-electron chi connectivity index (χ0n) is 11.6. The third-order valence-electron chi connectivity index (χ3n) is 3.36. The Morgan fingerprint density at radius 3 is 2.38 bits per heavy atom. The van der Waals surface area contributed by atoms with Gasteiger partial charge in [0, 0.05) is 41.9 Å². The van der Waals surface area contributed by atoms with Crippen LogP contribution in [0.1, 0.15) is 15.9 Å². The van der Waals surface area contributed by atoms with Gasteiger partial charge in [-0.15, -0.1) is 0 Å². The van der Waals surface area contributed by atoms with Crippen molar-refractivity contribution in [2.75, 3.05) is 31.1 Å². The number of urea groups is 1. The molecule has 1 aromatic rings. The first-order chi connectivity index (χ1) is 10.1. The van der Waals surface area contributed by atoms with Crippen molar-refractivity contribution in [2.24, 2.45) is 0 Å². The molecule has 7 heteroatoms. The molecule has 1 heterocycles. The second kappa shape index (κ2) is 7.21. The molecule has 21 heavy (non-hydrogen) atoms. The minimum Gasteiger partial charge on any atom is -0.478 e. The summed E-state index contributed by atoms with van der Waals surface area (Å²) in [5.41, 5.74) is 1.23. The van der Waals surface area contributed by atoms with Gasteiger partial charge in [-0.05, 0) is 24.1 Å². The van der Waals surface area contributed by atoms with Crippen LogP contribution in [0, 0.1) is 0 Å². The molecule has 0 bridgehead atoms. The molecule has 1 aliphatic rings. The van der Waals surface area contributed by atoms with Crippen LogP contribution in [0.15, 0.2) is 24.3 Å². The Balaban J connectivity index is 1.74. The van der Waals surface area contributed by atoms with E-state index in [9.17, 15) is 13.8 Å². The zero-order chi connectivity index (χ0) is 15.2. The lowest BCUT2D eigenvalue weighted by molar-refractivity contribution is 0.0697. The molecule has 6 nitrogen and oxygen atoms in total. The van der Waals surface area contributed by atoms with E-state index in [1.807, 2.05) is 0 Å². The molecule has 1 aromatic carbocycles. The average molecular weight is 310 g/mol. The van der Waals surface area contributed by atoms with Crippen LogP contribution < -0.4 is 5.32 Å². The minimum atomic E-state index is -0.947. The fraction of sp³-hybridized carbons (Fsp3) is 0.429. The summed E-state index contributed by atoms with van der Waals surface area (Å²) in [5, 5.41) is 11.6. The molecule has 2 N–H and O–H groups in total. The van der Waals surface area contributed by atoms with Crippen molar-refractivity contribution < 1.29 is 18.9 Å². The molecule has 2 rings (SSSR count). The molecular formula is C14H18N2O4S. The normalized spacial score (nSPS) is 15.7. The summed E-state index contributed by atoms with van der Waals surface area (Å²) < 4.78 is 11.2. The van der Waals surface area contributed by atoms with Gasteiger partial charge in [0.2, 0.25) is 0 Å². The molecule has 1 fully saturated rings. The molecular weight excluding hydrogens is 292 g/mol. The van der Waals surface area contributed by atoms with E-state index in [-0.39, 0.29) is 11.6 Å². The van der Waals surface area contributed by atoms with E-state index in [1.54, 1.807) is 29.2 Å². The SMILES string of the molecule is O=C(O)c1ccc(CCNC(=O)N2CCS(=O)CC2)cc1. The molecule has 1 aliphatic heterocycles. The Hall–Kier alpha value is -1.89. The van der Waals surface area contributed by atoms with Gasteiger partial charge in [-0.3, -0.25) is 4.21 Å². The lowest BCUT2D eigenvalue weighted by Gasteiger charge is -2.26. The topological polar surface area (TPSA) is 86.7 Å². The van der Waals surface area contributed by atoms with Gasteiger partial charge in [0.1, 0.15) is 0 Å². The molecule has 0 aromatic heterocycles. The van der Waals surface area contributed by atoms with Crippen molar-refractivity contribution in [3.8, 4) is 0 Å². The smallest absolute Gasteiger partial charge is 0.335 e. The van der Waals surface area contributed by atoms with Crippen LogP contribution >= 0.6 is 0 Å². The summed E-state index contributed by atoms with van der Waals surface area (Å²) in [5.74, 6) is 0.145. The number of hydrogen-bond acceptors (Lipinski definition) is 3. The molecule has 1 saturated heterocycles. The maximum Gasteiger partial charge on any atom is 0.335 e. The van der Waals surface area contributed by atoms with Crippen LogP contribution in [-0.2, 0) is 17.2 Å². The van der Waals surface area contributed by atoms with Crippen LogP contribution in [0.4, 0.5) is 4.79 Å². The van der Waals surface area contributed by atoms with Crippen molar-refractivity contribution in [2.45, 2.75) is 6.42 Å². The number of benzene rings is 1. The predicted octanol–water partition coefficient (Wildman–Crippen LogP) is 0.701. The highest BCUT2D eigenvalue weighted by atomic mass is 32.2. The maximum absolute atomic E-state index is 11.9. The minimum absolute atomic E-state index is 0.131. The number of nitrogens with zero attached hydrogens (tertiary/aromatic N) is 1. The van der Waals surface area contributed by atoms with Crippen LogP contribution in [-0.4, -0.2) is 57.4 Å². The summed E-state index contributed by atoms with van der Waals surface area (Å²) in [6.45, 7) is 1.56. The second-order valence-electron chi connectivity index (χ2n) is 4.82. The first-order valence-corrected chi connectivity index (χ1v) is 8.25. The Morgan fingerprint density at radius 1 is 1.19 bits per heavy atom. The number of aromatic carboxylic acids is 1. The Morgan fingerprint density at radius 2 is 1.81 bits per heavy atom. The fourth-order valence-electron chi connectivity index (χ4n) is 2.08. The summed E-state index contributed by atoms with van der Waals surface area (Å²) in [7, 11) is -0.789. The van der Waals surface area contributed by atoms with E-state index in [0.29, 0.717) is 37.6 Å². The molecule has 0 unspecified atom stereocenters. The van der Waals surface area contributed by atoms with Crippen molar-refractivity contribution in [3.63, 3.8) is 0 Å². The number of amides is 2. The number of nitrogens with one attached hydrogen (secondary N) is 1. The van der Waals surface area contributed by atoms with Crippen molar-refractivity contribution in [1.82, 2.24) is 10.2 Å². The lowest BCUT2D eigenvalue weighted by Crippen LogP contribution is -2.47. The third-order valence-corrected chi connectivity index (χ3v) is 4.63. The Labute approximate surface area is 125 Å². The number of rotatable bonds is 4. The number of carbonyl (C=O) groups excluding carboxylic acids is 1. The van der Waals surface area contributed by atoms with Crippen LogP contribution in [0.25, 0.3) is 0 Å². The summed E-state index contributed by atoms with van der Waals surface area (Å²) in [4.78, 5) is 24.3. The van der Waals surface area contributed by atoms with E-state index in [2.05, 4.69) is 5.32 Å². The Kier molecular flexibility index (Phi) is 5.32. The van der Waals surface area contributed by atoms with Gasteiger partial charge >= 0.3 is 12.0 Å². The summed E-state index contributed by atoms with van der Waals surface area (Å²) in [6.07, 6.45) is 0.644. The van der Waals surface area contributed by atoms with E-state index in [0.717, 1.165) is 5.56 Å². The standard InChI is InChI=1S/C14H18N2O4S/c17-13(18)12-3-1-11(2-4-12)5-6-15-14(19)16-7-9-21(20)10-8-16/h1-4H,5-10H2,(H,15,19)(H,17,18). The largest absolute Gasteiger partial charge is 0.478 e. The first-order valence-electron chi connectivity index (χ1n) is 6.76. The van der Waals surface area contributed by atoms with E-state index >= 15 is 0 Å². The quantitative estimate of drug-likeness (QED) is 0.857. The third kappa shape index (κ3) is 4.56. The highest BCUT2D eigenvalue weighted by molar-refractivity contribution is 7.85. The van der Waals surface area contributed by atoms with Gasteiger partial charge in [0.25, 0.3) is 0 Å². The molecule has 0 spiro atoms. The average Bonchev–Trinajstić information content (AvgIpc) is 2.48. The highest BCUT2D eigenvalue weighted by Gasteiger charge is 2.19. The molecule has 0 atom stereocenters. The zero-order valence-corrected chi connectivity index (χ0v) is 12.4. The van der Waals surface area contributed by atoms with E-state index in [4.69, 9.17) is 5.11 Å². The molecule has 0 saturated carbocycles. The number of carboxylic acid groups (broad SMARTS) is 1. The lowest BCUT2D eigenvalue weighted by atomic mass is 10.1.